The normalized spacial score (nSPS) is 58.0. The summed E-state index contributed by atoms with van der Waals surface area (Å²) in [5.41, 5.74) is 0.285. The van der Waals surface area contributed by atoms with Crippen LogP contribution in [0.4, 0.5) is 0 Å². The Labute approximate surface area is 79.1 Å². The molecule has 2 aliphatic rings. The van der Waals surface area contributed by atoms with Crippen LogP contribution in [0.25, 0.3) is 0 Å². The van der Waals surface area contributed by atoms with E-state index in [0.717, 1.165) is 12.8 Å². The molecule has 2 fully saturated rings. The lowest BCUT2D eigenvalue weighted by Crippen LogP contribution is -2.38. The Morgan fingerprint density at radius 2 is 2.17 bits per heavy atom. The zero-order chi connectivity index (χ0) is 8.98. The third-order valence-corrected chi connectivity index (χ3v) is 5.29. The smallest absolute Gasteiger partial charge is 0.0602 e. The van der Waals surface area contributed by atoms with Crippen molar-refractivity contribution in [3.05, 3.63) is 0 Å². The van der Waals surface area contributed by atoms with E-state index in [0.29, 0.717) is 11.8 Å². The molecule has 12 heavy (non-hydrogen) atoms. The molecule has 0 aliphatic heterocycles. The summed E-state index contributed by atoms with van der Waals surface area (Å²) in [5, 5.41) is 9.89. The third kappa shape index (κ3) is 0.748. The van der Waals surface area contributed by atoms with E-state index in [-0.39, 0.29) is 16.9 Å². The van der Waals surface area contributed by atoms with E-state index in [9.17, 15) is 5.11 Å². The van der Waals surface area contributed by atoms with Crippen LogP contribution in [0.1, 0.15) is 33.1 Å². The molecule has 0 radical (unpaired) electrons. The first-order chi connectivity index (χ1) is 5.54. The summed E-state index contributed by atoms with van der Waals surface area (Å²) in [7, 11) is 0. The Morgan fingerprint density at radius 3 is 2.42 bits per heavy atom. The zero-order valence-electron chi connectivity index (χ0n) is 7.81. The van der Waals surface area contributed by atoms with Gasteiger partial charge >= 0.3 is 0 Å². The molecule has 1 unspecified atom stereocenters. The molecule has 0 heterocycles. The highest BCUT2D eigenvalue weighted by Crippen LogP contribution is 2.65. The molecule has 0 aromatic heterocycles. The van der Waals surface area contributed by atoms with Gasteiger partial charge in [-0.1, -0.05) is 13.8 Å². The molecule has 1 N–H and O–H groups in total. The standard InChI is InChI=1S/C10H17ClO/c1-9-4-3-7(5-8(9)12)10(9,2)6-11/h7-8,12H,3-6H2,1-2H3/t7-,8-,9+,10?/m1/s1. The van der Waals surface area contributed by atoms with E-state index >= 15 is 0 Å². The Kier molecular flexibility index (Phi) is 1.76. The van der Waals surface area contributed by atoms with Crippen LogP contribution in [0.15, 0.2) is 0 Å². The summed E-state index contributed by atoms with van der Waals surface area (Å²) in [6.45, 7) is 4.45. The molecule has 0 aromatic carbocycles. The maximum Gasteiger partial charge on any atom is 0.0602 e. The van der Waals surface area contributed by atoms with Crippen LogP contribution in [0, 0.1) is 16.7 Å². The lowest BCUT2D eigenvalue weighted by Gasteiger charge is -2.38. The molecule has 2 heteroatoms. The van der Waals surface area contributed by atoms with E-state index in [1.165, 1.54) is 6.42 Å². The number of halogens is 1. The number of hydrogen-bond donors (Lipinski definition) is 1. The molecule has 70 valence electrons. The highest BCUT2D eigenvalue weighted by molar-refractivity contribution is 6.18. The molecule has 0 saturated heterocycles. The van der Waals surface area contributed by atoms with Crippen LogP contribution in [0.2, 0.25) is 0 Å². The third-order valence-electron chi connectivity index (χ3n) is 4.74. The highest BCUT2D eigenvalue weighted by Gasteiger charge is 2.62. The van der Waals surface area contributed by atoms with Crippen LogP contribution in [-0.4, -0.2) is 17.1 Å². The maximum atomic E-state index is 9.89. The number of rotatable bonds is 1. The molecule has 2 saturated carbocycles. The SMILES string of the molecule is CC1(CCl)[C@@H]2CC[C@@]1(C)[C@H](O)C2. The summed E-state index contributed by atoms with van der Waals surface area (Å²) in [6.07, 6.45) is 3.28. The lowest BCUT2D eigenvalue weighted by atomic mass is 9.70. The Balaban J connectivity index is 2.38. The number of fused-ring (bicyclic) bond motifs is 2. The minimum atomic E-state index is -0.111. The van der Waals surface area contributed by atoms with Crippen LogP contribution in [-0.2, 0) is 0 Å². The summed E-state index contributed by atoms with van der Waals surface area (Å²) < 4.78 is 0. The highest BCUT2D eigenvalue weighted by atomic mass is 35.5. The average Bonchev–Trinajstić information content (AvgIpc) is 2.39. The predicted molar refractivity (Wildman–Crippen MR) is 50.3 cm³/mol. The van der Waals surface area contributed by atoms with E-state index in [4.69, 9.17) is 11.6 Å². The second-order valence-electron chi connectivity index (χ2n) is 4.96. The molecule has 0 amide bonds. The van der Waals surface area contributed by atoms with Crippen molar-refractivity contribution in [1.29, 1.82) is 0 Å². The average molecular weight is 189 g/mol. The summed E-state index contributed by atoms with van der Waals surface area (Å²) in [4.78, 5) is 0. The number of alkyl halides is 1. The van der Waals surface area contributed by atoms with Gasteiger partial charge in [0, 0.05) is 11.3 Å². The predicted octanol–water partition coefficient (Wildman–Crippen LogP) is 2.41. The molecular formula is C10H17ClO. The summed E-state index contributed by atoms with van der Waals surface area (Å²) in [6, 6.07) is 0. The molecule has 4 atom stereocenters. The van der Waals surface area contributed by atoms with Gasteiger partial charge in [-0.15, -0.1) is 11.6 Å². The van der Waals surface area contributed by atoms with Crippen molar-refractivity contribution in [2.24, 2.45) is 16.7 Å². The first-order valence-corrected chi connectivity index (χ1v) is 5.32. The fourth-order valence-corrected chi connectivity index (χ4v) is 3.78. The van der Waals surface area contributed by atoms with E-state index < -0.39 is 0 Å². The van der Waals surface area contributed by atoms with Crippen LogP contribution < -0.4 is 0 Å². The van der Waals surface area contributed by atoms with Gasteiger partial charge in [0.2, 0.25) is 0 Å². The van der Waals surface area contributed by atoms with E-state index in [1.54, 1.807) is 0 Å². The van der Waals surface area contributed by atoms with Crippen molar-refractivity contribution in [3.8, 4) is 0 Å². The van der Waals surface area contributed by atoms with Gasteiger partial charge in [0.05, 0.1) is 6.10 Å². The van der Waals surface area contributed by atoms with Crippen LogP contribution in [0.3, 0.4) is 0 Å². The van der Waals surface area contributed by atoms with Crippen LogP contribution in [0.5, 0.6) is 0 Å². The van der Waals surface area contributed by atoms with Gasteiger partial charge in [0.1, 0.15) is 0 Å². The molecule has 0 spiro atoms. The largest absolute Gasteiger partial charge is 0.393 e. The molecule has 2 rings (SSSR count). The van der Waals surface area contributed by atoms with Gasteiger partial charge in [-0.2, -0.15) is 0 Å². The quantitative estimate of drug-likeness (QED) is 0.627. The van der Waals surface area contributed by atoms with Crippen molar-refractivity contribution < 1.29 is 5.11 Å². The molecular weight excluding hydrogens is 172 g/mol. The van der Waals surface area contributed by atoms with Gasteiger partial charge < -0.3 is 5.11 Å². The number of aliphatic hydroxyl groups excluding tert-OH is 1. The second-order valence-corrected chi connectivity index (χ2v) is 5.22. The van der Waals surface area contributed by atoms with Gasteiger partial charge in [-0.3, -0.25) is 0 Å². The van der Waals surface area contributed by atoms with Crippen molar-refractivity contribution in [1.82, 2.24) is 0 Å². The number of aliphatic hydroxyl groups is 1. The van der Waals surface area contributed by atoms with Gasteiger partial charge in [-0.05, 0) is 30.6 Å². The maximum absolute atomic E-state index is 9.89. The second kappa shape index (κ2) is 2.39. The van der Waals surface area contributed by atoms with Gasteiger partial charge in [0.25, 0.3) is 0 Å². The van der Waals surface area contributed by atoms with Gasteiger partial charge in [0.15, 0.2) is 0 Å². The Hall–Kier alpha value is 0.250. The van der Waals surface area contributed by atoms with E-state index in [1.807, 2.05) is 0 Å². The summed E-state index contributed by atoms with van der Waals surface area (Å²) in [5.74, 6) is 1.36. The topological polar surface area (TPSA) is 20.2 Å². The lowest BCUT2D eigenvalue weighted by molar-refractivity contribution is 0.0139. The van der Waals surface area contributed by atoms with Gasteiger partial charge in [-0.25, -0.2) is 0 Å². The van der Waals surface area contributed by atoms with E-state index in [2.05, 4.69) is 13.8 Å². The minimum Gasteiger partial charge on any atom is -0.393 e. The molecule has 2 bridgehead atoms. The monoisotopic (exact) mass is 188 g/mol. The minimum absolute atomic E-state index is 0.0966. The molecule has 0 aromatic rings. The van der Waals surface area contributed by atoms with Crippen molar-refractivity contribution >= 4 is 11.6 Å². The Bertz CT molecular complexity index is 204. The zero-order valence-corrected chi connectivity index (χ0v) is 8.56. The summed E-state index contributed by atoms with van der Waals surface area (Å²) >= 11 is 6.02. The first-order valence-electron chi connectivity index (χ1n) is 4.78. The molecule has 2 aliphatic carbocycles. The fraction of sp³-hybridized carbons (Fsp3) is 1.00. The number of hydrogen-bond acceptors (Lipinski definition) is 1. The van der Waals surface area contributed by atoms with Crippen molar-refractivity contribution in [2.75, 3.05) is 5.88 Å². The Morgan fingerprint density at radius 1 is 1.50 bits per heavy atom. The molecule has 1 nitrogen and oxygen atoms in total. The first kappa shape index (κ1) is 8.83. The van der Waals surface area contributed by atoms with Crippen molar-refractivity contribution in [2.45, 2.75) is 39.2 Å². The van der Waals surface area contributed by atoms with Crippen molar-refractivity contribution in [3.63, 3.8) is 0 Å². The van der Waals surface area contributed by atoms with Crippen LogP contribution >= 0.6 is 11.6 Å². The fourth-order valence-electron chi connectivity index (χ4n) is 3.26.